The number of rotatable bonds is 10. The molecule has 5 saturated heterocycles. The average Bonchev–Trinajstić information content (AvgIpc) is 3.62. The summed E-state index contributed by atoms with van der Waals surface area (Å²) in [5, 5.41) is 11.0. The topological polar surface area (TPSA) is 102 Å². The Labute approximate surface area is 262 Å². The molecule has 6 aliphatic rings. The zero-order valence-electron chi connectivity index (χ0n) is 26.2. The number of piperidine rings is 1. The normalized spacial score (nSPS) is 35.9. The van der Waals surface area contributed by atoms with Gasteiger partial charge in [0.05, 0.1) is 25.4 Å². The lowest BCUT2D eigenvalue weighted by molar-refractivity contribution is -0.128. The third-order valence-electron chi connectivity index (χ3n) is 10.9. The Hall–Kier alpha value is -0.990. The fraction of sp³-hybridized carbons (Fsp3) is 0.935. The molecule has 2 amide bonds. The van der Waals surface area contributed by atoms with Crippen molar-refractivity contribution in [2.45, 2.75) is 87.1 Å². The van der Waals surface area contributed by atoms with E-state index in [1.54, 1.807) is 0 Å². The van der Waals surface area contributed by atoms with E-state index >= 15 is 0 Å². The number of hydrogen-bond donors (Lipinski definition) is 3. The number of nitrogens with zero attached hydrogens (tertiary/aromatic N) is 4. The van der Waals surface area contributed by atoms with Crippen LogP contribution in [0.2, 0.25) is 0 Å². The third-order valence-corrected chi connectivity index (χ3v) is 12.2. The van der Waals surface area contributed by atoms with Crippen LogP contribution in [-0.4, -0.2) is 159 Å². The van der Waals surface area contributed by atoms with E-state index in [-0.39, 0.29) is 35.5 Å². The molecular formula is C31H55N7O4S. The van der Waals surface area contributed by atoms with Gasteiger partial charge in [-0.2, -0.15) is 0 Å². The zero-order chi connectivity index (χ0) is 29.6. The molecule has 0 radical (unpaired) electrons. The summed E-state index contributed by atoms with van der Waals surface area (Å²) in [6, 6.07) is 1.33. The van der Waals surface area contributed by atoms with Crippen molar-refractivity contribution in [1.82, 2.24) is 35.6 Å². The van der Waals surface area contributed by atoms with Gasteiger partial charge in [-0.25, -0.2) is 0 Å². The van der Waals surface area contributed by atoms with Crippen molar-refractivity contribution < 1.29 is 19.1 Å². The predicted molar refractivity (Wildman–Crippen MR) is 169 cm³/mol. The number of carbonyl (C=O) groups excluding carboxylic acids is 2. The molecule has 244 valence electrons. The lowest BCUT2D eigenvalue weighted by atomic mass is 9.74. The van der Waals surface area contributed by atoms with Crippen LogP contribution < -0.4 is 16.0 Å². The summed E-state index contributed by atoms with van der Waals surface area (Å²) < 4.78 is 11.7. The number of nitrogens with one attached hydrogen (secondary N) is 3. The highest BCUT2D eigenvalue weighted by molar-refractivity contribution is 8.00. The average molecular weight is 622 g/mol. The molecule has 0 spiro atoms. The van der Waals surface area contributed by atoms with Gasteiger partial charge in [0.15, 0.2) is 0 Å². The summed E-state index contributed by atoms with van der Waals surface area (Å²) in [4.78, 5) is 35.1. The van der Waals surface area contributed by atoms with Crippen LogP contribution in [0.3, 0.4) is 0 Å². The maximum atomic E-state index is 13.4. The van der Waals surface area contributed by atoms with Crippen LogP contribution in [0, 0.1) is 5.92 Å². The second kappa shape index (κ2) is 15.5. The summed E-state index contributed by atoms with van der Waals surface area (Å²) >= 11 is 1.98. The van der Waals surface area contributed by atoms with Gasteiger partial charge in [0.25, 0.3) is 0 Å². The smallest absolute Gasteiger partial charge is 0.222 e. The molecule has 0 bridgehead atoms. The van der Waals surface area contributed by atoms with Gasteiger partial charge in [-0.15, -0.1) is 11.8 Å². The number of hydrogen-bond acceptors (Lipinski definition) is 10. The standard InChI is InChI=1S/C31H55N7O4S/c1-41-26-8-7-23-5-2-9-33-29(23)30(26)37-13-4-12-35(15-16-37)25(21-27(39)32-10-14-36-11-3-6-28(36)40)24-22-43-31(34-24)38-17-19-42-20-18-38/h23-26,29-31,33-34H,2-22H2,1H3,(H,32,39). The molecule has 11 nitrogen and oxygen atoms in total. The Kier molecular flexibility index (Phi) is 11.5. The van der Waals surface area contributed by atoms with Crippen LogP contribution in [0.4, 0.5) is 0 Å². The molecule has 0 aromatic heterocycles. The molecule has 0 aromatic carbocycles. The molecule has 7 unspecified atom stereocenters. The Morgan fingerprint density at radius 2 is 1.93 bits per heavy atom. The first-order valence-corrected chi connectivity index (χ1v) is 18.1. The summed E-state index contributed by atoms with van der Waals surface area (Å²) in [6.07, 6.45) is 8.49. The van der Waals surface area contributed by atoms with Crippen LogP contribution in [-0.2, 0) is 19.1 Å². The SMILES string of the molecule is COC1CCC2CCCNC2C1N1CCCN(C(CC(=O)NCCN2CCCC2=O)C2CSC(N3CCOCC3)N2)CC1. The Morgan fingerprint density at radius 3 is 2.74 bits per heavy atom. The number of carbonyl (C=O) groups is 2. The van der Waals surface area contributed by atoms with Crippen molar-refractivity contribution in [3.63, 3.8) is 0 Å². The van der Waals surface area contributed by atoms with Gasteiger partial charge in [-0.1, -0.05) is 0 Å². The summed E-state index contributed by atoms with van der Waals surface area (Å²) in [5.74, 6) is 2.07. The summed E-state index contributed by atoms with van der Waals surface area (Å²) in [7, 11) is 1.90. The number of methoxy groups -OCH3 is 1. The van der Waals surface area contributed by atoms with E-state index in [9.17, 15) is 9.59 Å². The van der Waals surface area contributed by atoms with Gasteiger partial charge in [0.2, 0.25) is 11.8 Å². The quantitative estimate of drug-likeness (QED) is 0.317. The van der Waals surface area contributed by atoms with Crippen molar-refractivity contribution >= 4 is 23.6 Å². The van der Waals surface area contributed by atoms with E-state index < -0.39 is 0 Å². The molecule has 6 fully saturated rings. The highest BCUT2D eigenvalue weighted by Crippen LogP contribution is 2.36. The number of amides is 2. The van der Waals surface area contributed by atoms with Crippen molar-refractivity contribution in [3.8, 4) is 0 Å². The lowest BCUT2D eigenvalue weighted by Crippen LogP contribution is -2.63. The maximum absolute atomic E-state index is 13.4. The van der Waals surface area contributed by atoms with E-state index in [0.717, 1.165) is 96.5 Å². The monoisotopic (exact) mass is 621 g/mol. The number of thioether (sulfide) groups is 1. The molecule has 5 aliphatic heterocycles. The van der Waals surface area contributed by atoms with E-state index in [4.69, 9.17) is 9.47 Å². The highest BCUT2D eigenvalue weighted by Gasteiger charge is 2.45. The Morgan fingerprint density at radius 1 is 1.05 bits per heavy atom. The third kappa shape index (κ3) is 7.88. The fourth-order valence-corrected chi connectivity index (χ4v) is 9.97. The van der Waals surface area contributed by atoms with E-state index in [2.05, 4.69) is 30.7 Å². The maximum Gasteiger partial charge on any atom is 0.222 e. The second-order valence-electron chi connectivity index (χ2n) is 13.4. The predicted octanol–water partition coefficient (Wildman–Crippen LogP) is 0.358. The van der Waals surface area contributed by atoms with Gasteiger partial charge in [-0.3, -0.25) is 29.6 Å². The summed E-state index contributed by atoms with van der Waals surface area (Å²) in [5.41, 5.74) is 0.281. The molecular weight excluding hydrogens is 566 g/mol. The van der Waals surface area contributed by atoms with Crippen LogP contribution >= 0.6 is 11.8 Å². The van der Waals surface area contributed by atoms with Crippen LogP contribution in [0.5, 0.6) is 0 Å². The van der Waals surface area contributed by atoms with E-state index in [1.807, 2.05) is 23.8 Å². The molecule has 7 atom stereocenters. The van der Waals surface area contributed by atoms with Crippen LogP contribution in [0.1, 0.15) is 51.4 Å². The molecule has 0 aromatic rings. The number of morpholine rings is 1. The number of likely N-dealkylation sites (tertiary alicyclic amines) is 1. The van der Waals surface area contributed by atoms with E-state index in [1.165, 1.54) is 19.3 Å². The largest absolute Gasteiger partial charge is 0.380 e. The van der Waals surface area contributed by atoms with Gasteiger partial charge >= 0.3 is 0 Å². The molecule has 3 N–H and O–H groups in total. The second-order valence-corrected chi connectivity index (χ2v) is 14.5. The Balaban J connectivity index is 1.10. The molecule has 1 saturated carbocycles. The first-order valence-electron chi connectivity index (χ1n) is 17.1. The van der Waals surface area contributed by atoms with Crippen molar-refractivity contribution in [2.24, 2.45) is 5.92 Å². The molecule has 43 heavy (non-hydrogen) atoms. The minimum Gasteiger partial charge on any atom is -0.380 e. The molecule has 1 aliphatic carbocycles. The lowest BCUT2D eigenvalue weighted by Gasteiger charge is -2.49. The van der Waals surface area contributed by atoms with Crippen molar-refractivity contribution in [2.75, 3.05) is 91.5 Å². The minimum absolute atomic E-state index is 0.0975. The Bertz CT molecular complexity index is 927. The molecule has 5 heterocycles. The van der Waals surface area contributed by atoms with Gasteiger partial charge in [-0.05, 0) is 64.1 Å². The zero-order valence-corrected chi connectivity index (χ0v) is 27.0. The van der Waals surface area contributed by atoms with Crippen LogP contribution in [0.25, 0.3) is 0 Å². The van der Waals surface area contributed by atoms with E-state index in [0.29, 0.717) is 38.0 Å². The number of ether oxygens (including phenoxy) is 2. The van der Waals surface area contributed by atoms with Crippen molar-refractivity contribution in [3.05, 3.63) is 0 Å². The first-order chi connectivity index (χ1) is 21.1. The molecule has 6 rings (SSSR count). The van der Waals surface area contributed by atoms with Gasteiger partial charge in [0, 0.05) is 89.6 Å². The first kappa shape index (κ1) is 32.0. The van der Waals surface area contributed by atoms with Gasteiger partial charge in [0.1, 0.15) is 5.50 Å². The molecule has 12 heteroatoms. The summed E-state index contributed by atoms with van der Waals surface area (Å²) in [6.45, 7) is 10.6. The highest BCUT2D eigenvalue weighted by atomic mass is 32.2. The van der Waals surface area contributed by atoms with Crippen molar-refractivity contribution in [1.29, 1.82) is 0 Å². The fourth-order valence-electron chi connectivity index (χ4n) is 8.57. The van der Waals surface area contributed by atoms with Gasteiger partial charge < -0.3 is 25.0 Å². The minimum atomic E-state index is 0.0975. The number of fused-ring (bicyclic) bond motifs is 1. The van der Waals surface area contributed by atoms with Crippen LogP contribution in [0.15, 0.2) is 0 Å².